The van der Waals surface area contributed by atoms with Crippen molar-refractivity contribution in [2.75, 3.05) is 19.8 Å². The van der Waals surface area contributed by atoms with Crippen LogP contribution in [0.5, 0.6) is 0 Å². The maximum Gasteiger partial charge on any atom is 0.308 e. The van der Waals surface area contributed by atoms with E-state index >= 15 is 0 Å². The minimum Gasteiger partial charge on any atom is -0.460 e. The van der Waals surface area contributed by atoms with Gasteiger partial charge in [0.25, 0.3) is 0 Å². The molecule has 3 amide bonds. The maximum atomic E-state index is 13.7. The molecule has 1 saturated heterocycles. The molecular weight excluding hydrogens is 584 g/mol. The second-order valence-corrected chi connectivity index (χ2v) is 14.0. The number of aryl methyl sites for hydroxylation is 1. The summed E-state index contributed by atoms with van der Waals surface area (Å²) in [5.74, 6) is -1.58. The number of carbonyl (C=O) groups is 4. The Kier molecular flexibility index (Phi) is 12.0. The number of hydrogen-bond donors (Lipinski definition) is 3. The highest BCUT2D eigenvalue weighted by atomic mass is 32.1. The monoisotopic (exact) mass is 630 g/mol. The number of rotatable bonds is 12. The van der Waals surface area contributed by atoms with Crippen LogP contribution in [0.4, 0.5) is 0 Å². The van der Waals surface area contributed by atoms with Gasteiger partial charge in [0.2, 0.25) is 17.7 Å². The molecule has 3 atom stereocenters. The second kappa shape index (κ2) is 15.1. The normalized spacial score (nSPS) is 17.7. The lowest BCUT2D eigenvalue weighted by Gasteiger charge is -2.35. The lowest BCUT2D eigenvalue weighted by Crippen LogP contribution is -2.57. The number of aromatic nitrogens is 1. The third kappa shape index (κ3) is 10.4. The molecule has 12 heteroatoms. The summed E-state index contributed by atoms with van der Waals surface area (Å²) >= 11 is 1.57. The molecule has 1 fully saturated rings. The van der Waals surface area contributed by atoms with Gasteiger partial charge in [0.15, 0.2) is 0 Å². The van der Waals surface area contributed by atoms with Gasteiger partial charge in [-0.05, 0) is 44.2 Å². The van der Waals surface area contributed by atoms with Gasteiger partial charge >= 0.3 is 5.97 Å². The van der Waals surface area contributed by atoms with Crippen LogP contribution in [0.25, 0.3) is 10.4 Å². The van der Waals surface area contributed by atoms with E-state index < -0.39 is 41.0 Å². The summed E-state index contributed by atoms with van der Waals surface area (Å²) in [6.45, 7) is 13.2. The maximum absolute atomic E-state index is 13.7. The highest BCUT2D eigenvalue weighted by molar-refractivity contribution is 7.13. The lowest BCUT2D eigenvalue weighted by atomic mass is 9.85. The van der Waals surface area contributed by atoms with Gasteiger partial charge in [-0.3, -0.25) is 19.2 Å². The highest BCUT2D eigenvalue weighted by Crippen LogP contribution is 2.28. The molecular formula is C32H46N4O7S. The minimum absolute atomic E-state index is 0.00392. The van der Waals surface area contributed by atoms with Gasteiger partial charge in [0.1, 0.15) is 17.7 Å². The number of hydrogen-bond acceptors (Lipinski definition) is 9. The van der Waals surface area contributed by atoms with Crippen LogP contribution in [0.2, 0.25) is 0 Å². The number of nitrogens with zero attached hydrogens (tertiary/aromatic N) is 2. The van der Waals surface area contributed by atoms with Gasteiger partial charge in [-0.15, -0.1) is 11.3 Å². The van der Waals surface area contributed by atoms with Crippen molar-refractivity contribution in [3.05, 3.63) is 41.0 Å². The predicted octanol–water partition coefficient (Wildman–Crippen LogP) is 3.37. The Labute approximate surface area is 263 Å². The van der Waals surface area contributed by atoms with Crippen LogP contribution < -0.4 is 10.6 Å². The van der Waals surface area contributed by atoms with Crippen LogP contribution in [0.3, 0.4) is 0 Å². The van der Waals surface area contributed by atoms with E-state index in [1.807, 2.05) is 57.5 Å². The molecule has 11 nitrogen and oxygen atoms in total. The topological polar surface area (TPSA) is 147 Å². The molecule has 1 aromatic heterocycles. The fourth-order valence-electron chi connectivity index (χ4n) is 4.83. The summed E-state index contributed by atoms with van der Waals surface area (Å²) in [5.41, 5.74) is 3.48. The summed E-state index contributed by atoms with van der Waals surface area (Å²) in [6, 6.07) is 6.05. The number of ether oxygens (including phenoxy) is 2. The van der Waals surface area contributed by atoms with Crippen molar-refractivity contribution in [3.8, 4) is 10.4 Å². The first-order valence-corrected chi connectivity index (χ1v) is 15.8. The van der Waals surface area contributed by atoms with E-state index in [9.17, 15) is 24.3 Å². The first-order chi connectivity index (χ1) is 20.5. The Morgan fingerprint density at radius 1 is 1.07 bits per heavy atom. The number of esters is 1. The molecule has 44 heavy (non-hydrogen) atoms. The van der Waals surface area contributed by atoms with Crippen LogP contribution in [-0.4, -0.2) is 82.2 Å². The number of likely N-dealkylation sites (tertiary alicyclic amines) is 1. The van der Waals surface area contributed by atoms with Crippen molar-refractivity contribution < 1.29 is 33.8 Å². The molecule has 2 heterocycles. The molecule has 3 rings (SSSR count). The Bertz CT molecular complexity index is 1300. The Balaban J connectivity index is 1.54. The number of carbonyl (C=O) groups excluding carboxylic acids is 4. The van der Waals surface area contributed by atoms with E-state index in [-0.39, 0.29) is 57.4 Å². The molecule has 0 radical (unpaired) electrons. The fourth-order valence-corrected chi connectivity index (χ4v) is 5.64. The standard InChI is InChI=1S/C32H46N4O7S/c1-20-27(44-19-34-20)22-10-8-21(9-11-22)17-33-29(40)24-16-23(37)18-36(24)30(41)28(31(2,3)4)35-25(38)12-14-42-15-13-26(39)43-32(5,6)7/h8-11,19,23-24,28,37H,12-18H2,1-7H3,(H,33,40)(H,35,38)/t23-,24+,28-/m1/s1. The van der Waals surface area contributed by atoms with Gasteiger partial charge in [0.05, 0.1) is 41.8 Å². The first-order valence-electron chi connectivity index (χ1n) is 14.9. The van der Waals surface area contributed by atoms with Crippen LogP contribution in [0.15, 0.2) is 29.8 Å². The number of benzene rings is 1. The second-order valence-electron chi connectivity index (χ2n) is 13.1. The van der Waals surface area contributed by atoms with Crippen molar-refractivity contribution in [3.63, 3.8) is 0 Å². The molecule has 2 aromatic rings. The third-order valence-corrected chi connectivity index (χ3v) is 8.03. The average molecular weight is 631 g/mol. The zero-order valence-electron chi connectivity index (χ0n) is 26.8. The van der Waals surface area contributed by atoms with E-state index in [1.54, 1.807) is 32.1 Å². The van der Waals surface area contributed by atoms with E-state index in [2.05, 4.69) is 15.6 Å². The molecule has 0 unspecified atom stereocenters. The van der Waals surface area contributed by atoms with E-state index in [0.717, 1.165) is 21.7 Å². The van der Waals surface area contributed by atoms with E-state index in [1.165, 1.54) is 4.90 Å². The van der Waals surface area contributed by atoms with Gasteiger partial charge < -0.3 is 30.1 Å². The SMILES string of the molecule is Cc1ncsc1-c1ccc(CNC(=O)[C@@H]2C[C@@H](O)CN2C(=O)[C@@H](NC(=O)CCOCCC(=O)OC(C)(C)C)C(C)(C)C)cc1. The molecule has 0 spiro atoms. The van der Waals surface area contributed by atoms with Gasteiger partial charge in [-0.1, -0.05) is 45.0 Å². The third-order valence-electron chi connectivity index (χ3n) is 7.06. The number of nitrogens with one attached hydrogen (secondary N) is 2. The smallest absolute Gasteiger partial charge is 0.308 e. The Morgan fingerprint density at radius 2 is 1.73 bits per heavy atom. The van der Waals surface area contributed by atoms with Crippen LogP contribution in [0, 0.1) is 12.3 Å². The Hall–Kier alpha value is -3.35. The molecule has 1 aromatic carbocycles. The van der Waals surface area contributed by atoms with Crippen LogP contribution in [0.1, 0.15) is 72.1 Å². The zero-order valence-corrected chi connectivity index (χ0v) is 27.6. The van der Waals surface area contributed by atoms with E-state index in [4.69, 9.17) is 9.47 Å². The first kappa shape index (κ1) is 35.1. The molecule has 0 saturated carbocycles. The molecule has 0 bridgehead atoms. The van der Waals surface area contributed by atoms with Crippen molar-refractivity contribution in [1.29, 1.82) is 0 Å². The van der Waals surface area contributed by atoms with Crippen molar-refractivity contribution >= 4 is 35.0 Å². The van der Waals surface area contributed by atoms with E-state index in [0.29, 0.717) is 0 Å². The quantitative estimate of drug-likeness (QED) is 0.239. The lowest BCUT2D eigenvalue weighted by molar-refractivity contribution is -0.156. The average Bonchev–Trinajstić information content (AvgIpc) is 3.53. The van der Waals surface area contributed by atoms with Gasteiger partial charge in [-0.25, -0.2) is 4.98 Å². The zero-order chi connectivity index (χ0) is 32.7. The summed E-state index contributed by atoms with van der Waals surface area (Å²) < 4.78 is 10.7. The Morgan fingerprint density at radius 3 is 2.32 bits per heavy atom. The number of aliphatic hydroxyl groups excluding tert-OH is 1. The molecule has 3 N–H and O–H groups in total. The molecule has 1 aliphatic heterocycles. The summed E-state index contributed by atoms with van der Waals surface area (Å²) in [4.78, 5) is 58.3. The number of amides is 3. The largest absolute Gasteiger partial charge is 0.460 e. The molecule has 1 aliphatic rings. The van der Waals surface area contributed by atoms with Crippen molar-refractivity contribution in [2.24, 2.45) is 5.41 Å². The summed E-state index contributed by atoms with van der Waals surface area (Å²) in [7, 11) is 0. The number of aliphatic hydroxyl groups is 1. The van der Waals surface area contributed by atoms with Crippen LogP contribution in [-0.2, 0) is 35.2 Å². The van der Waals surface area contributed by atoms with Gasteiger partial charge in [-0.2, -0.15) is 0 Å². The van der Waals surface area contributed by atoms with Crippen LogP contribution >= 0.6 is 11.3 Å². The number of thiazole rings is 1. The number of β-amino-alcohol motifs (C(OH)–C–C–N with tert-alkyl or cyclic N) is 1. The minimum atomic E-state index is -0.930. The summed E-state index contributed by atoms with van der Waals surface area (Å²) in [5, 5.41) is 16.1. The van der Waals surface area contributed by atoms with Crippen molar-refractivity contribution in [2.45, 2.75) is 98.1 Å². The van der Waals surface area contributed by atoms with Gasteiger partial charge in [0, 0.05) is 25.9 Å². The van der Waals surface area contributed by atoms with Crippen molar-refractivity contribution in [1.82, 2.24) is 20.5 Å². The highest BCUT2D eigenvalue weighted by Gasteiger charge is 2.44. The predicted molar refractivity (Wildman–Crippen MR) is 168 cm³/mol. The summed E-state index contributed by atoms with van der Waals surface area (Å²) in [6.07, 6.45) is -0.688. The molecule has 0 aliphatic carbocycles. The fraction of sp³-hybridized carbons (Fsp3) is 0.594. The molecule has 242 valence electrons.